The number of amides is 1. The van der Waals surface area contributed by atoms with Crippen molar-refractivity contribution in [3.63, 3.8) is 0 Å². The molecule has 28 heavy (non-hydrogen) atoms. The Morgan fingerprint density at radius 2 is 1.64 bits per heavy atom. The van der Waals surface area contributed by atoms with Gasteiger partial charge in [0.25, 0.3) is 11.7 Å². The number of aryl methyl sites for hydroxylation is 1. The van der Waals surface area contributed by atoms with Crippen LogP contribution < -0.4 is 0 Å². The van der Waals surface area contributed by atoms with Crippen molar-refractivity contribution in [3.8, 4) is 0 Å². The molecule has 1 fully saturated rings. The summed E-state index contributed by atoms with van der Waals surface area (Å²) >= 11 is 0. The van der Waals surface area contributed by atoms with Crippen molar-refractivity contribution in [1.29, 1.82) is 0 Å². The van der Waals surface area contributed by atoms with Crippen molar-refractivity contribution >= 4 is 17.4 Å². The fourth-order valence-electron chi connectivity index (χ4n) is 3.67. The van der Waals surface area contributed by atoms with E-state index in [2.05, 4.69) is 6.92 Å². The zero-order chi connectivity index (χ0) is 20.1. The third-order valence-corrected chi connectivity index (χ3v) is 5.23. The number of Topliss-reactive ketones (excluding diaryl/α,β-unsaturated/α-hetero) is 1. The molecule has 4 heteroatoms. The predicted molar refractivity (Wildman–Crippen MR) is 111 cm³/mol. The van der Waals surface area contributed by atoms with Gasteiger partial charge in [-0.3, -0.25) is 9.59 Å². The van der Waals surface area contributed by atoms with E-state index < -0.39 is 17.7 Å². The van der Waals surface area contributed by atoms with Crippen molar-refractivity contribution in [2.24, 2.45) is 0 Å². The maximum absolute atomic E-state index is 12.9. The summed E-state index contributed by atoms with van der Waals surface area (Å²) in [7, 11) is 0. The Labute approximate surface area is 166 Å². The van der Waals surface area contributed by atoms with E-state index in [0.717, 1.165) is 36.8 Å². The maximum Gasteiger partial charge on any atom is 0.295 e. The number of nitrogens with zero attached hydrogens (tertiary/aromatic N) is 1. The van der Waals surface area contributed by atoms with Crippen LogP contribution in [0.4, 0.5) is 0 Å². The lowest BCUT2D eigenvalue weighted by Gasteiger charge is -2.25. The average Bonchev–Trinajstić information content (AvgIpc) is 2.97. The molecule has 146 valence electrons. The number of aliphatic hydroxyl groups is 1. The number of unbranched alkanes of at least 4 members (excludes halogenated alkanes) is 3. The molecular weight excluding hydrogens is 350 g/mol. The van der Waals surface area contributed by atoms with Crippen molar-refractivity contribution in [3.05, 3.63) is 76.9 Å². The molecule has 1 heterocycles. The van der Waals surface area contributed by atoms with Crippen LogP contribution in [0.5, 0.6) is 0 Å². The van der Waals surface area contributed by atoms with Crippen molar-refractivity contribution < 1.29 is 14.7 Å². The summed E-state index contributed by atoms with van der Waals surface area (Å²) in [5, 5.41) is 10.9. The highest BCUT2D eigenvalue weighted by Crippen LogP contribution is 2.39. The SMILES string of the molecule is CCCCCCN1C(=O)C(=O)/C(=C(/O)c2ccccc2)[C@@H]1c1ccc(C)cc1. The van der Waals surface area contributed by atoms with Crippen molar-refractivity contribution in [2.75, 3.05) is 6.54 Å². The van der Waals surface area contributed by atoms with E-state index in [1.807, 2.05) is 37.3 Å². The molecular formula is C24H27NO3. The monoisotopic (exact) mass is 377 g/mol. The van der Waals surface area contributed by atoms with Crippen LogP contribution in [-0.2, 0) is 9.59 Å². The Bertz CT molecular complexity index is 868. The van der Waals surface area contributed by atoms with Gasteiger partial charge < -0.3 is 10.0 Å². The lowest BCUT2D eigenvalue weighted by atomic mass is 9.94. The van der Waals surface area contributed by atoms with E-state index in [1.54, 1.807) is 29.2 Å². The van der Waals surface area contributed by atoms with Gasteiger partial charge in [0.15, 0.2) is 0 Å². The summed E-state index contributed by atoms with van der Waals surface area (Å²) in [5.74, 6) is -1.25. The highest BCUT2D eigenvalue weighted by molar-refractivity contribution is 6.46. The van der Waals surface area contributed by atoms with Gasteiger partial charge in [-0.15, -0.1) is 0 Å². The van der Waals surface area contributed by atoms with Crippen LogP contribution in [0, 0.1) is 6.92 Å². The fourth-order valence-corrected chi connectivity index (χ4v) is 3.67. The minimum atomic E-state index is -0.609. The van der Waals surface area contributed by atoms with E-state index in [9.17, 15) is 14.7 Å². The number of carbonyl (C=O) groups is 2. The van der Waals surface area contributed by atoms with E-state index in [1.165, 1.54) is 0 Å². The van der Waals surface area contributed by atoms with Gasteiger partial charge in [0.1, 0.15) is 5.76 Å². The number of hydrogen-bond donors (Lipinski definition) is 1. The number of rotatable bonds is 7. The highest BCUT2D eigenvalue weighted by Gasteiger charge is 2.45. The van der Waals surface area contributed by atoms with Gasteiger partial charge in [0.2, 0.25) is 0 Å². The minimum Gasteiger partial charge on any atom is -0.507 e. The molecule has 3 rings (SSSR count). The molecule has 1 atom stereocenters. The first-order valence-electron chi connectivity index (χ1n) is 9.95. The molecule has 0 radical (unpaired) electrons. The molecule has 1 amide bonds. The second-order valence-electron chi connectivity index (χ2n) is 7.33. The summed E-state index contributed by atoms with van der Waals surface area (Å²) in [4.78, 5) is 27.3. The van der Waals surface area contributed by atoms with Crippen LogP contribution in [-0.4, -0.2) is 28.2 Å². The number of carbonyl (C=O) groups excluding carboxylic acids is 2. The molecule has 1 aliphatic rings. The van der Waals surface area contributed by atoms with Crippen LogP contribution >= 0.6 is 0 Å². The molecule has 1 saturated heterocycles. The quantitative estimate of drug-likeness (QED) is 0.320. The van der Waals surface area contributed by atoms with Crippen LogP contribution in [0.15, 0.2) is 60.2 Å². The molecule has 4 nitrogen and oxygen atoms in total. The first-order chi connectivity index (χ1) is 13.5. The summed E-state index contributed by atoms with van der Waals surface area (Å²) < 4.78 is 0. The average molecular weight is 377 g/mol. The molecule has 0 bridgehead atoms. The van der Waals surface area contributed by atoms with Gasteiger partial charge in [-0.25, -0.2) is 0 Å². The standard InChI is InChI=1S/C24H27NO3/c1-3-4-5-9-16-25-21(18-14-12-17(2)13-15-18)20(23(27)24(25)28)22(26)19-10-7-6-8-11-19/h6-8,10-15,21,26H,3-5,9,16H2,1-2H3/b22-20+/t21-/m0/s1. The zero-order valence-electron chi connectivity index (χ0n) is 16.5. The smallest absolute Gasteiger partial charge is 0.295 e. The lowest BCUT2D eigenvalue weighted by molar-refractivity contribution is -0.139. The fraction of sp³-hybridized carbons (Fsp3) is 0.333. The van der Waals surface area contributed by atoms with E-state index in [0.29, 0.717) is 12.1 Å². The molecule has 1 aliphatic heterocycles. The van der Waals surface area contributed by atoms with Gasteiger partial charge in [0, 0.05) is 12.1 Å². The second kappa shape index (κ2) is 8.87. The number of benzene rings is 2. The molecule has 0 saturated carbocycles. The van der Waals surface area contributed by atoms with E-state index in [4.69, 9.17) is 0 Å². The van der Waals surface area contributed by atoms with E-state index in [-0.39, 0.29) is 11.3 Å². The van der Waals surface area contributed by atoms with E-state index >= 15 is 0 Å². The van der Waals surface area contributed by atoms with Crippen LogP contribution in [0.3, 0.4) is 0 Å². The second-order valence-corrected chi connectivity index (χ2v) is 7.33. The Morgan fingerprint density at radius 1 is 0.964 bits per heavy atom. The molecule has 2 aromatic carbocycles. The molecule has 1 N–H and O–H groups in total. The Hall–Kier alpha value is -2.88. The normalized spacial score (nSPS) is 18.6. The highest BCUT2D eigenvalue weighted by atomic mass is 16.3. The lowest BCUT2D eigenvalue weighted by Crippen LogP contribution is -2.30. The molecule has 0 unspecified atom stereocenters. The number of ketones is 1. The third kappa shape index (κ3) is 4.01. The van der Waals surface area contributed by atoms with Gasteiger partial charge in [-0.1, -0.05) is 86.3 Å². The molecule has 2 aromatic rings. The topological polar surface area (TPSA) is 57.6 Å². The van der Waals surface area contributed by atoms with Gasteiger partial charge in [0.05, 0.1) is 11.6 Å². The summed E-state index contributed by atoms with van der Waals surface area (Å²) in [6.45, 7) is 4.64. The van der Waals surface area contributed by atoms with Gasteiger partial charge in [-0.2, -0.15) is 0 Å². The zero-order valence-corrected chi connectivity index (χ0v) is 16.5. The predicted octanol–water partition coefficient (Wildman–Crippen LogP) is 5.00. The van der Waals surface area contributed by atoms with Gasteiger partial charge >= 0.3 is 0 Å². The number of hydrogen-bond acceptors (Lipinski definition) is 3. The molecule has 0 aromatic heterocycles. The van der Waals surface area contributed by atoms with Crippen LogP contribution in [0.2, 0.25) is 0 Å². The van der Waals surface area contributed by atoms with Crippen molar-refractivity contribution in [1.82, 2.24) is 4.90 Å². The number of aliphatic hydroxyl groups excluding tert-OH is 1. The Kier molecular flexibility index (Phi) is 6.30. The summed E-state index contributed by atoms with van der Waals surface area (Å²) in [5.41, 5.74) is 2.67. The van der Waals surface area contributed by atoms with Crippen molar-refractivity contribution in [2.45, 2.75) is 45.6 Å². The van der Waals surface area contributed by atoms with Crippen LogP contribution in [0.25, 0.3) is 5.76 Å². The number of likely N-dealkylation sites (tertiary alicyclic amines) is 1. The maximum atomic E-state index is 12.9. The molecule has 0 spiro atoms. The first kappa shape index (κ1) is 19.9. The Balaban J connectivity index is 2.04. The first-order valence-corrected chi connectivity index (χ1v) is 9.95. The Morgan fingerprint density at radius 3 is 2.29 bits per heavy atom. The summed E-state index contributed by atoms with van der Waals surface area (Å²) in [6, 6.07) is 16.2. The largest absolute Gasteiger partial charge is 0.507 e. The minimum absolute atomic E-state index is 0.111. The third-order valence-electron chi connectivity index (χ3n) is 5.23. The van der Waals surface area contributed by atoms with Crippen LogP contribution in [0.1, 0.15) is 55.3 Å². The van der Waals surface area contributed by atoms with Gasteiger partial charge in [-0.05, 0) is 18.9 Å². The molecule has 0 aliphatic carbocycles. The summed E-state index contributed by atoms with van der Waals surface area (Å²) in [6.07, 6.45) is 4.06.